The van der Waals surface area contributed by atoms with E-state index in [1.54, 1.807) is 9.80 Å². The van der Waals surface area contributed by atoms with E-state index in [2.05, 4.69) is 5.32 Å². The van der Waals surface area contributed by atoms with Gasteiger partial charge in [-0.05, 0) is 102 Å². The first-order chi connectivity index (χ1) is 24.0. The maximum absolute atomic E-state index is 13.6. The van der Waals surface area contributed by atoms with Gasteiger partial charge in [0.2, 0.25) is 17.7 Å². The number of ether oxygens (including phenoxy) is 2. The van der Waals surface area contributed by atoms with Crippen LogP contribution in [0.2, 0.25) is 0 Å². The molecule has 0 bridgehead atoms. The molecule has 0 spiro atoms. The van der Waals surface area contributed by atoms with Crippen LogP contribution in [0.3, 0.4) is 0 Å². The number of amides is 5. The van der Waals surface area contributed by atoms with Crippen LogP contribution in [0.25, 0.3) is 10.8 Å². The van der Waals surface area contributed by atoms with E-state index in [1.807, 2.05) is 88.9 Å². The number of fused-ring (bicyclic) bond motifs is 1. The molecule has 1 saturated carbocycles. The Labute approximate surface area is 302 Å². The standard InChI is InChI=1S/C39H57N5O7/c1-38(2,3)50-36(48)43(20-9-10-21-44(30-16-17-30)37(49)51-39(4,5)6)26-27-18-22-42(23-19-27)35(47)32(25-33(40)45)41-34(46)24-29-14-11-13-28-12-7-8-15-31(28)29/h7-8,11-15,27,30,32H,9-10,16-26H2,1-6H3,(H2,40,45)(H,41,46)/t32-/m0/s1. The van der Waals surface area contributed by atoms with Crippen molar-refractivity contribution in [3.63, 3.8) is 0 Å². The third kappa shape index (κ3) is 12.7. The molecule has 0 unspecified atom stereocenters. The predicted molar refractivity (Wildman–Crippen MR) is 196 cm³/mol. The third-order valence-corrected chi connectivity index (χ3v) is 9.02. The van der Waals surface area contributed by atoms with Gasteiger partial charge in [0.25, 0.3) is 0 Å². The van der Waals surface area contributed by atoms with E-state index in [-0.39, 0.29) is 48.8 Å². The molecular formula is C39H57N5O7. The summed E-state index contributed by atoms with van der Waals surface area (Å²) in [7, 11) is 0. The van der Waals surface area contributed by atoms with Gasteiger partial charge in [0.05, 0.1) is 12.8 Å². The highest BCUT2D eigenvalue weighted by atomic mass is 16.6. The molecule has 1 atom stereocenters. The normalized spacial score (nSPS) is 15.9. The lowest BCUT2D eigenvalue weighted by molar-refractivity contribution is -0.139. The number of nitrogens with two attached hydrogens (primary N) is 1. The van der Waals surface area contributed by atoms with Crippen molar-refractivity contribution in [2.45, 2.75) is 116 Å². The Morgan fingerprint density at radius 1 is 0.843 bits per heavy atom. The molecule has 2 aromatic carbocycles. The van der Waals surface area contributed by atoms with Crippen molar-refractivity contribution in [2.75, 3.05) is 32.7 Å². The summed E-state index contributed by atoms with van der Waals surface area (Å²) in [6.45, 7) is 13.5. The lowest BCUT2D eigenvalue weighted by atomic mass is 9.95. The summed E-state index contributed by atoms with van der Waals surface area (Å²) in [5.41, 5.74) is 5.11. The summed E-state index contributed by atoms with van der Waals surface area (Å²) in [5, 5.41) is 4.74. The number of rotatable bonds is 14. The number of nitrogens with zero attached hydrogens (tertiary/aromatic N) is 3. The van der Waals surface area contributed by atoms with Gasteiger partial charge in [-0.1, -0.05) is 42.5 Å². The van der Waals surface area contributed by atoms with Crippen molar-refractivity contribution >= 4 is 40.7 Å². The van der Waals surface area contributed by atoms with Crippen molar-refractivity contribution in [2.24, 2.45) is 11.7 Å². The first-order valence-electron chi connectivity index (χ1n) is 18.3. The van der Waals surface area contributed by atoms with Gasteiger partial charge in [0.1, 0.15) is 17.2 Å². The van der Waals surface area contributed by atoms with Crippen LogP contribution in [0, 0.1) is 5.92 Å². The maximum atomic E-state index is 13.6. The Morgan fingerprint density at radius 2 is 1.45 bits per heavy atom. The second kappa shape index (κ2) is 17.2. The molecule has 2 aliphatic rings. The number of hydrogen-bond acceptors (Lipinski definition) is 7. The number of hydrogen-bond donors (Lipinski definition) is 2. The molecule has 1 saturated heterocycles. The number of piperidine rings is 1. The maximum Gasteiger partial charge on any atom is 0.410 e. The molecule has 4 rings (SSSR count). The van der Waals surface area contributed by atoms with E-state index in [1.165, 1.54) is 0 Å². The van der Waals surface area contributed by atoms with E-state index < -0.39 is 23.2 Å². The average molecular weight is 708 g/mol. The van der Waals surface area contributed by atoms with Crippen LogP contribution in [-0.4, -0.2) is 101 Å². The fraction of sp³-hybridized carbons (Fsp3) is 0.615. The number of carbonyl (C=O) groups is 5. The van der Waals surface area contributed by atoms with Gasteiger partial charge in [-0.2, -0.15) is 0 Å². The molecule has 2 aromatic rings. The van der Waals surface area contributed by atoms with Gasteiger partial charge in [-0.15, -0.1) is 0 Å². The van der Waals surface area contributed by atoms with Crippen molar-refractivity contribution in [1.29, 1.82) is 0 Å². The molecule has 280 valence electrons. The summed E-state index contributed by atoms with van der Waals surface area (Å²) in [5.74, 6) is -1.25. The van der Waals surface area contributed by atoms with Gasteiger partial charge in [0.15, 0.2) is 0 Å². The average Bonchev–Trinajstić information content (AvgIpc) is 3.87. The Kier molecular flexibility index (Phi) is 13.3. The largest absolute Gasteiger partial charge is 0.444 e. The Morgan fingerprint density at radius 3 is 2.08 bits per heavy atom. The summed E-state index contributed by atoms with van der Waals surface area (Å²) in [6, 6.07) is 12.7. The fourth-order valence-corrected chi connectivity index (χ4v) is 6.43. The SMILES string of the molecule is CC(C)(C)OC(=O)N(CCCCN(C(=O)OC(C)(C)C)C1CC1)CC1CCN(C(=O)[C@H](CC(N)=O)NC(=O)Cc2cccc3ccccc23)CC1. The van der Waals surface area contributed by atoms with E-state index in [0.717, 1.165) is 35.6 Å². The van der Waals surface area contributed by atoms with Gasteiger partial charge >= 0.3 is 12.2 Å². The zero-order chi connectivity index (χ0) is 37.3. The fourth-order valence-electron chi connectivity index (χ4n) is 6.43. The van der Waals surface area contributed by atoms with E-state index >= 15 is 0 Å². The Hall–Kier alpha value is -4.35. The van der Waals surface area contributed by atoms with Crippen molar-refractivity contribution in [3.05, 3.63) is 48.0 Å². The molecule has 1 aliphatic carbocycles. The minimum absolute atomic E-state index is 0.0616. The number of carbonyl (C=O) groups excluding carboxylic acids is 5. The lowest BCUT2D eigenvalue weighted by Crippen LogP contribution is -2.53. The van der Waals surface area contributed by atoms with Crippen LogP contribution >= 0.6 is 0 Å². The molecule has 0 aromatic heterocycles. The van der Waals surface area contributed by atoms with Gasteiger partial charge < -0.3 is 35.2 Å². The molecule has 2 fully saturated rings. The predicted octanol–water partition coefficient (Wildman–Crippen LogP) is 5.40. The minimum atomic E-state index is -1.06. The smallest absolute Gasteiger partial charge is 0.410 e. The van der Waals surface area contributed by atoms with Crippen molar-refractivity contribution in [1.82, 2.24) is 20.0 Å². The molecule has 51 heavy (non-hydrogen) atoms. The summed E-state index contributed by atoms with van der Waals surface area (Å²) < 4.78 is 11.4. The van der Waals surface area contributed by atoms with Crippen LogP contribution in [-0.2, 0) is 30.3 Å². The summed E-state index contributed by atoms with van der Waals surface area (Å²) >= 11 is 0. The molecule has 0 radical (unpaired) electrons. The molecule has 12 nitrogen and oxygen atoms in total. The molecule has 1 aliphatic heterocycles. The first kappa shape index (κ1) is 39.4. The van der Waals surface area contributed by atoms with Crippen LogP contribution in [0.4, 0.5) is 9.59 Å². The number of unbranched alkanes of at least 4 members (excludes halogenated alkanes) is 1. The number of likely N-dealkylation sites (tertiary alicyclic amines) is 1. The second-order valence-corrected chi connectivity index (χ2v) is 15.9. The van der Waals surface area contributed by atoms with Crippen LogP contribution in [0.1, 0.15) is 92.1 Å². The second-order valence-electron chi connectivity index (χ2n) is 15.9. The van der Waals surface area contributed by atoms with E-state index in [0.29, 0.717) is 52.0 Å². The molecular weight excluding hydrogens is 650 g/mol. The van der Waals surface area contributed by atoms with Gasteiger partial charge in [0, 0.05) is 38.8 Å². The van der Waals surface area contributed by atoms with Gasteiger partial charge in [-0.25, -0.2) is 9.59 Å². The topological polar surface area (TPSA) is 152 Å². The Bertz CT molecular complexity index is 1530. The molecule has 3 N–H and O–H groups in total. The minimum Gasteiger partial charge on any atom is -0.444 e. The Balaban J connectivity index is 1.31. The molecule has 5 amide bonds. The van der Waals surface area contributed by atoms with Crippen molar-refractivity contribution in [3.8, 4) is 0 Å². The van der Waals surface area contributed by atoms with Gasteiger partial charge in [-0.3, -0.25) is 14.4 Å². The highest BCUT2D eigenvalue weighted by Gasteiger charge is 2.35. The highest BCUT2D eigenvalue weighted by Crippen LogP contribution is 2.29. The van der Waals surface area contributed by atoms with Crippen molar-refractivity contribution < 1.29 is 33.4 Å². The van der Waals surface area contributed by atoms with Crippen LogP contribution in [0.5, 0.6) is 0 Å². The summed E-state index contributed by atoms with van der Waals surface area (Å²) in [4.78, 5) is 70.0. The number of primary amides is 1. The van der Waals surface area contributed by atoms with Crippen LogP contribution in [0.15, 0.2) is 42.5 Å². The van der Waals surface area contributed by atoms with E-state index in [9.17, 15) is 24.0 Å². The zero-order valence-corrected chi connectivity index (χ0v) is 31.2. The number of benzene rings is 2. The third-order valence-electron chi connectivity index (χ3n) is 9.02. The first-order valence-corrected chi connectivity index (χ1v) is 18.3. The van der Waals surface area contributed by atoms with E-state index in [4.69, 9.17) is 15.2 Å². The molecule has 1 heterocycles. The highest BCUT2D eigenvalue weighted by molar-refractivity contribution is 5.94. The quantitative estimate of drug-likeness (QED) is 0.250. The zero-order valence-electron chi connectivity index (χ0n) is 31.2. The lowest BCUT2D eigenvalue weighted by Gasteiger charge is -2.37. The summed E-state index contributed by atoms with van der Waals surface area (Å²) in [6.07, 6.45) is 3.74. The van der Waals surface area contributed by atoms with Crippen LogP contribution < -0.4 is 11.1 Å². The monoisotopic (exact) mass is 707 g/mol. The molecule has 12 heteroatoms. The number of nitrogens with one attached hydrogen (secondary N) is 1.